The monoisotopic (exact) mass is 329 g/mol. The van der Waals surface area contributed by atoms with Gasteiger partial charge in [-0.2, -0.15) is 0 Å². The first-order chi connectivity index (χ1) is 9.76. The van der Waals surface area contributed by atoms with E-state index in [1.165, 1.54) is 6.07 Å². The molecular formula is C14H19NO4S2. The molecule has 2 rings (SSSR count). The van der Waals surface area contributed by atoms with Crippen LogP contribution in [0.25, 0.3) is 0 Å². The van der Waals surface area contributed by atoms with Gasteiger partial charge in [0.1, 0.15) is 23.0 Å². The van der Waals surface area contributed by atoms with E-state index in [-0.39, 0.29) is 35.0 Å². The molecule has 0 aliphatic heterocycles. The molecule has 0 amide bonds. The average molecular weight is 329 g/mol. The molecule has 0 fully saturated rings. The molecule has 2 aromatic heterocycles. The second-order valence-corrected chi connectivity index (χ2v) is 8.16. The van der Waals surface area contributed by atoms with Crippen molar-refractivity contribution in [2.75, 3.05) is 6.54 Å². The number of hydrogen-bond donors (Lipinski definition) is 2. The van der Waals surface area contributed by atoms with Crippen molar-refractivity contribution in [3.8, 4) is 0 Å². The van der Waals surface area contributed by atoms with Gasteiger partial charge in [-0.25, -0.2) is 13.1 Å². The third kappa shape index (κ3) is 3.55. The number of aliphatic hydroxyl groups is 1. The molecule has 0 aromatic carbocycles. The third-order valence-corrected chi connectivity index (χ3v) is 6.01. The Hall–Kier alpha value is -1.15. The molecule has 0 unspecified atom stereocenters. The lowest BCUT2D eigenvalue weighted by Crippen LogP contribution is -2.36. The summed E-state index contributed by atoms with van der Waals surface area (Å²) in [6.45, 7) is 5.51. The summed E-state index contributed by atoms with van der Waals surface area (Å²) < 4.78 is 32.5. The molecule has 0 aliphatic rings. The molecule has 7 heteroatoms. The van der Waals surface area contributed by atoms with E-state index in [1.54, 1.807) is 18.3 Å². The van der Waals surface area contributed by atoms with Gasteiger partial charge in [-0.15, -0.1) is 11.3 Å². The quantitative estimate of drug-likeness (QED) is 0.853. The topological polar surface area (TPSA) is 79.5 Å². The Morgan fingerprint density at radius 2 is 2.14 bits per heavy atom. The van der Waals surface area contributed by atoms with Crippen LogP contribution in [0.2, 0.25) is 0 Å². The highest BCUT2D eigenvalue weighted by Crippen LogP contribution is 2.27. The van der Waals surface area contributed by atoms with Gasteiger partial charge in [0.2, 0.25) is 10.0 Å². The maximum Gasteiger partial charge on any atom is 0.244 e. The summed E-state index contributed by atoms with van der Waals surface area (Å²) in [6, 6.07) is 5.30. The standard InChI is InChI=1S/C14H19NO4S2/c1-10-12(7-11(8-16)19-10)21(17,18)15-9-14(2,3)13-5-4-6-20-13/h4-7,15-16H,8-9H2,1-3H3. The molecule has 0 spiro atoms. The van der Waals surface area contributed by atoms with Crippen molar-refractivity contribution in [2.24, 2.45) is 0 Å². The molecule has 2 aromatic rings. The molecule has 0 saturated heterocycles. The fraction of sp³-hybridized carbons (Fsp3) is 0.429. The minimum Gasteiger partial charge on any atom is -0.462 e. The maximum absolute atomic E-state index is 12.3. The first-order valence-electron chi connectivity index (χ1n) is 6.50. The van der Waals surface area contributed by atoms with E-state index in [4.69, 9.17) is 9.52 Å². The van der Waals surface area contributed by atoms with Crippen LogP contribution < -0.4 is 4.72 Å². The van der Waals surface area contributed by atoms with Crippen molar-refractivity contribution in [1.29, 1.82) is 0 Å². The average Bonchev–Trinajstić information content (AvgIpc) is 3.06. The minimum absolute atomic E-state index is 0.0773. The SMILES string of the molecule is Cc1oc(CO)cc1S(=O)(=O)NCC(C)(C)c1cccs1. The normalized spacial score (nSPS) is 12.8. The Balaban J connectivity index is 2.16. The van der Waals surface area contributed by atoms with E-state index in [2.05, 4.69) is 4.72 Å². The highest BCUT2D eigenvalue weighted by Gasteiger charge is 2.27. The fourth-order valence-electron chi connectivity index (χ4n) is 1.97. The summed E-state index contributed by atoms with van der Waals surface area (Å²) in [5.41, 5.74) is -0.293. The van der Waals surface area contributed by atoms with E-state index >= 15 is 0 Å². The number of aryl methyl sites for hydroxylation is 1. The van der Waals surface area contributed by atoms with Gasteiger partial charge in [0.05, 0.1) is 0 Å². The van der Waals surface area contributed by atoms with Crippen LogP contribution in [0.3, 0.4) is 0 Å². The Morgan fingerprint density at radius 3 is 2.67 bits per heavy atom. The largest absolute Gasteiger partial charge is 0.462 e. The highest BCUT2D eigenvalue weighted by atomic mass is 32.2. The van der Waals surface area contributed by atoms with Gasteiger partial charge in [0, 0.05) is 22.9 Å². The molecule has 116 valence electrons. The van der Waals surface area contributed by atoms with Crippen molar-refractivity contribution in [3.63, 3.8) is 0 Å². The Morgan fingerprint density at radius 1 is 1.43 bits per heavy atom. The van der Waals surface area contributed by atoms with Gasteiger partial charge in [-0.05, 0) is 18.4 Å². The first kappa shape index (κ1) is 16.2. The Kier molecular flexibility index (Phi) is 4.57. The number of hydrogen-bond acceptors (Lipinski definition) is 5. The second kappa shape index (κ2) is 5.92. The van der Waals surface area contributed by atoms with Crippen LogP contribution in [0.5, 0.6) is 0 Å². The smallest absolute Gasteiger partial charge is 0.244 e. The molecule has 2 N–H and O–H groups in total. The van der Waals surface area contributed by atoms with Gasteiger partial charge in [-0.3, -0.25) is 0 Å². The summed E-state index contributed by atoms with van der Waals surface area (Å²) >= 11 is 1.60. The lowest BCUT2D eigenvalue weighted by molar-refractivity contribution is 0.244. The number of aliphatic hydroxyl groups excluding tert-OH is 1. The predicted molar refractivity (Wildman–Crippen MR) is 81.9 cm³/mol. The zero-order valence-electron chi connectivity index (χ0n) is 12.2. The van der Waals surface area contributed by atoms with Gasteiger partial charge in [0.15, 0.2) is 0 Å². The van der Waals surface area contributed by atoms with Crippen molar-refractivity contribution in [3.05, 3.63) is 40.0 Å². The molecule has 21 heavy (non-hydrogen) atoms. The lowest BCUT2D eigenvalue weighted by Gasteiger charge is -2.23. The van der Waals surface area contributed by atoms with E-state index in [1.807, 2.05) is 31.4 Å². The van der Waals surface area contributed by atoms with Crippen LogP contribution in [0.4, 0.5) is 0 Å². The number of nitrogens with one attached hydrogen (secondary N) is 1. The van der Waals surface area contributed by atoms with Crippen LogP contribution in [-0.2, 0) is 22.0 Å². The molecule has 0 saturated carbocycles. The maximum atomic E-state index is 12.3. The third-order valence-electron chi connectivity index (χ3n) is 3.26. The summed E-state index contributed by atoms with van der Waals surface area (Å²) in [7, 11) is -3.65. The van der Waals surface area contributed by atoms with Crippen LogP contribution in [0.15, 0.2) is 32.9 Å². The van der Waals surface area contributed by atoms with E-state index < -0.39 is 10.0 Å². The van der Waals surface area contributed by atoms with Gasteiger partial charge in [-0.1, -0.05) is 19.9 Å². The molecule has 0 atom stereocenters. The van der Waals surface area contributed by atoms with Gasteiger partial charge in [0.25, 0.3) is 0 Å². The van der Waals surface area contributed by atoms with E-state index in [9.17, 15) is 8.42 Å². The number of sulfonamides is 1. The van der Waals surface area contributed by atoms with Gasteiger partial charge >= 0.3 is 0 Å². The van der Waals surface area contributed by atoms with Crippen LogP contribution in [-0.4, -0.2) is 20.1 Å². The number of thiophene rings is 1. The second-order valence-electron chi connectivity index (χ2n) is 5.48. The summed E-state index contributed by atoms with van der Waals surface area (Å²) in [5.74, 6) is 0.519. The molecule has 0 bridgehead atoms. The number of furan rings is 1. The summed E-state index contributed by atoms with van der Waals surface area (Å²) in [6.07, 6.45) is 0. The summed E-state index contributed by atoms with van der Waals surface area (Å²) in [5, 5.41) is 11.0. The van der Waals surface area contributed by atoms with Crippen molar-refractivity contribution >= 4 is 21.4 Å². The molecule has 0 radical (unpaired) electrons. The fourth-order valence-corrected chi connectivity index (χ4v) is 4.24. The number of rotatable bonds is 6. The van der Waals surface area contributed by atoms with Crippen molar-refractivity contribution in [1.82, 2.24) is 4.72 Å². The predicted octanol–water partition coefficient (Wildman–Crippen LogP) is 2.40. The van der Waals surface area contributed by atoms with Crippen LogP contribution >= 0.6 is 11.3 Å². The Labute approximate surface area is 128 Å². The zero-order chi connectivity index (χ0) is 15.7. The molecule has 5 nitrogen and oxygen atoms in total. The van der Waals surface area contributed by atoms with Gasteiger partial charge < -0.3 is 9.52 Å². The summed E-state index contributed by atoms with van der Waals surface area (Å²) in [4.78, 5) is 1.19. The lowest BCUT2D eigenvalue weighted by atomic mass is 9.92. The molecule has 2 heterocycles. The van der Waals surface area contributed by atoms with Crippen LogP contribution in [0.1, 0.15) is 30.2 Å². The molecular weight excluding hydrogens is 310 g/mol. The minimum atomic E-state index is -3.65. The van der Waals surface area contributed by atoms with Crippen LogP contribution in [0, 0.1) is 6.92 Å². The van der Waals surface area contributed by atoms with Crippen molar-refractivity contribution < 1.29 is 17.9 Å². The van der Waals surface area contributed by atoms with Crippen molar-refractivity contribution in [2.45, 2.75) is 37.7 Å². The zero-order valence-corrected chi connectivity index (χ0v) is 13.8. The van der Waals surface area contributed by atoms with E-state index in [0.717, 1.165) is 4.88 Å². The first-order valence-corrected chi connectivity index (χ1v) is 8.86. The van der Waals surface area contributed by atoms with E-state index in [0.29, 0.717) is 0 Å². The molecule has 0 aliphatic carbocycles. The Bertz CT molecular complexity index is 699. The highest BCUT2D eigenvalue weighted by molar-refractivity contribution is 7.89.